The predicted octanol–water partition coefficient (Wildman–Crippen LogP) is 5.19. The SMILES string of the molecule is C=C(C[C@H](O)[C@H](CC1CCCCC1)NC(=O)C(CC(C)C)NC(=O)[C@H](Cc1ccccc1)NC(=O)OC(C)(C)C)C(=O)NCC(C)C. The molecule has 0 radical (unpaired) electrons. The van der Waals surface area contributed by atoms with Gasteiger partial charge in [-0.3, -0.25) is 14.4 Å². The molecule has 4 amide bonds. The summed E-state index contributed by atoms with van der Waals surface area (Å²) in [5.74, 6) is -0.582. The molecular weight excluding hydrogens is 596 g/mol. The van der Waals surface area contributed by atoms with Crippen molar-refractivity contribution in [2.24, 2.45) is 17.8 Å². The van der Waals surface area contributed by atoms with Crippen LogP contribution < -0.4 is 21.3 Å². The highest BCUT2D eigenvalue weighted by molar-refractivity contribution is 5.93. The van der Waals surface area contributed by atoms with Gasteiger partial charge in [-0.1, -0.05) is 96.7 Å². The molecule has 4 atom stereocenters. The Hall–Kier alpha value is -3.40. The topological polar surface area (TPSA) is 146 Å². The number of aliphatic hydroxyl groups is 1. The van der Waals surface area contributed by atoms with E-state index in [0.29, 0.717) is 25.3 Å². The summed E-state index contributed by atoms with van der Waals surface area (Å²) in [6.45, 7) is 17.6. The highest BCUT2D eigenvalue weighted by Crippen LogP contribution is 2.29. The van der Waals surface area contributed by atoms with E-state index in [2.05, 4.69) is 27.8 Å². The minimum absolute atomic E-state index is 0.0156. The lowest BCUT2D eigenvalue weighted by Crippen LogP contribution is -2.57. The first-order valence-corrected chi connectivity index (χ1v) is 17.3. The smallest absolute Gasteiger partial charge is 0.408 e. The summed E-state index contributed by atoms with van der Waals surface area (Å²) in [7, 11) is 0. The van der Waals surface area contributed by atoms with Crippen LogP contribution >= 0.6 is 0 Å². The number of nitrogens with one attached hydrogen (secondary N) is 4. The van der Waals surface area contributed by atoms with Gasteiger partial charge < -0.3 is 31.1 Å². The number of aliphatic hydroxyl groups excluding tert-OH is 1. The van der Waals surface area contributed by atoms with Gasteiger partial charge in [0.15, 0.2) is 0 Å². The van der Waals surface area contributed by atoms with E-state index in [1.165, 1.54) is 6.42 Å². The number of carbonyl (C=O) groups is 4. The maximum Gasteiger partial charge on any atom is 0.408 e. The summed E-state index contributed by atoms with van der Waals surface area (Å²) in [6.07, 6.45) is 4.76. The van der Waals surface area contributed by atoms with Crippen LogP contribution in [0.1, 0.15) is 105 Å². The van der Waals surface area contributed by atoms with Crippen molar-refractivity contribution in [3.05, 3.63) is 48.0 Å². The van der Waals surface area contributed by atoms with Crippen LogP contribution in [0, 0.1) is 17.8 Å². The first-order valence-electron chi connectivity index (χ1n) is 17.3. The van der Waals surface area contributed by atoms with E-state index in [1.54, 1.807) is 20.8 Å². The molecule has 0 saturated heterocycles. The second kappa shape index (κ2) is 19.4. The molecule has 1 aliphatic rings. The maximum atomic E-state index is 13.9. The van der Waals surface area contributed by atoms with Crippen LogP contribution in [-0.2, 0) is 25.5 Å². The van der Waals surface area contributed by atoms with Crippen LogP contribution in [0.15, 0.2) is 42.5 Å². The summed E-state index contributed by atoms with van der Waals surface area (Å²) >= 11 is 0. The molecule has 264 valence electrons. The molecule has 10 heteroatoms. The van der Waals surface area contributed by atoms with Gasteiger partial charge in [-0.15, -0.1) is 0 Å². The Kier molecular flexibility index (Phi) is 16.4. The van der Waals surface area contributed by atoms with Crippen LogP contribution in [0.2, 0.25) is 0 Å². The fourth-order valence-electron chi connectivity index (χ4n) is 5.77. The van der Waals surface area contributed by atoms with Crippen molar-refractivity contribution in [2.75, 3.05) is 6.54 Å². The molecule has 0 spiro atoms. The predicted molar refractivity (Wildman–Crippen MR) is 185 cm³/mol. The standard InChI is InChI=1S/C37H60N4O6/c1-24(2)19-30(40-35(45)31(22-28-17-13-10-14-18-28)41-36(46)47-37(6,7)8)34(44)39-29(21-27-15-11-9-12-16-27)32(42)20-26(5)33(43)38-23-25(3)4/h10,13-14,17-18,24-25,27,29-32,42H,5,9,11-12,15-16,19-23H2,1-4,6-8H3,(H,38,43)(H,39,44)(H,40,45)(H,41,46)/t29-,30?,31-,32-/m0/s1. The van der Waals surface area contributed by atoms with Gasteiger partial charge in [0.05, 0.1) is 12.1 Å². The minimum Gasteiger partial charge on any atom is -0.444 e. The number of hydrogen-bond donors (Lipinski definition) is 5. The second-order valence-electron chi connectivity index (χ2n) is 14.9. The summed E-state index contributed by atoms with van der Waals surface area (Å²) in [4.78, 5) is 53.0. The van der Waals surface area contributed by atoms with Gasteiger partial charge in [-0.2, -0.15) is 0 Å². The molecule has 10 nitrogen and oxygen atoms in total. The van der Waals surface area contributed by atoms with Gasteiger partial charge in [-0.05, 0) is 56.9 Å². The number of alkyl carbamates (subject to hydrolysis) is 1. The van der Waals surface area contributed by atoms with E-state index < -0.39 is 47.7 Å². The second-order valence-corrected chi connectivity index (χ2v) is 14.9. The normalized spacial score (nSPS) is 16.5. The number of ether oxygens (including phenoxy) is 1. The molecular formula is C37H60N4O6. The van der Waals surface area contributed by atoms with Crippen molar-refractivity contribution in [1.29, 1.82) is 0 Å². The molecule has 1 fully saturated rings. The van der Waals surface area contributed by atoms with E-state index >= 15 is 0 Å². The van der Waals surface area contributed by atoms with E-state index in [1.807, 2.05) is 58.0 Å². The number of benzene rings is 1. The molecule has 1 saturated carbocycles. The molecule has 0 aliphatic heterocycles. The highest BCUT2D eigenvalue weighted by atomic mass is 16.6. The monoisotopic (exact) mass is 656 g/mol. The number of amides is 4. The van der Waals surface area contributed by atoms with Crippen molar-refractivity contribution in [1.82, 2.24) is 21.3 Å². The Labute approximate surface area is 282 Å². The molecule has 47 heavy (non-hydrogen) atoms. The largest absolute Gasteiger partial charge is 0.444 e. The van der Waals surface area contributed by atoms with E-state index in [-0.39, 0.29) is 36.2 Å². The third-order valence-electron chi connectivity index (χ3n) is 8.18. The lowest BCUT2D eigenvalue weighted by atomic mass is 9.83. The van der Waals surface area contributed by atoms with Crippen LogP contribution in [0.25, 0.3) is 0 Å². The molecule has 2 rings (SSSR count). The number of rotatable bonds is 17. The molecule has 1 aromatic carbocycles. The number of carbonyl (C=O) groups excluding carboxylic acids is 4. The quantitative estimate of drug-likeness (QED) is 0.146. The summed E-state index contributed by atoms with van der Waals surface area (Å²) < 4.78 is 5.43. The van der Waals surface area contributed by atoms with Gasteiger partial charge in [0.2, 0.25) is 17.7 Å². The Morgan fingerprint density at radius 1 is 0.894 bits per heavy atom. The van der Waals surface area contributed by atoms with Gasteiger partial charge in [-0.25, -0.2) is 4.79 Å². The fraction of sp³-hybridized carbons (Fsp3) is 0.676. The maximum absolute atomic E-state index is 13.9. The zero-order valence-electron chi connectivity index (χ0n) is 29.7. The lowest BCUT2D eigenvalue weighted by Gasteiger charge is -2.32. The first kappa shape index (κ1) is 39.8. The molecule has 0 aromatic heterocycles. The Morgan fingerprint density at radius 2 is 1.51 bits per heavy atom. The zero-order chi connectivity index (χ0) is 35.1. The minimum atomic E-state index is -1.03. The zero-order valence-corrected chi connectivity index (χ0v) is 29.7. The van der Waals surface area contributed by atoms with Crippen LogP contribution in [0.3, 0.4) is 0 Å². The molecule has 1 unspecified atom stereocenters. The number of hydrogen-bond acceptors (Lipinski definition) is 6. The van der Waals surface area contributed by atoms with Crippen molar-refractivity contribution in [3.8, 4) is 0 Å². The van der Waals surface area contributed by atoms with Crippen molar-refractivity contribution in [2.45, 2.75) is 136 Å². The highest BCUT2D eigenvalue weighted by Gasteiger charge is 2.33. The van der Waals surface area contributed by atoms with Gasteiger partial charge >= 0.3 is 6.09 Å². The molecule has 1 aromatic rings. The Morgan fingerprint density at radius 3 is 2.09 bits per heavy atom. The summed E-state index contributed by atoms with van der Waals surface area (Å²) in [5, 5.41) is 22.8. The van der Waals surface area contributed by atoms with Gasteiger partial charge in [0.1, 0.15) is 17.7 Å². The first-order chi connectivity index (χ1) is 22.0. The Balaban J connectivity index is 2.25. The third kappa shape index (κ3) is 15.8. The average molecular weight is 657 g/mol. The molecule has 1 aliphatic carbocycles. The van der Waals surface area contributed by atoms with Crippen molar-refractivity contribution in [3.63, 3.8) is 0 Å². The van der Waals surface area contributed by atoms with Crippen LogP contribution in [0.5, 0.6) is 0 Å². The molecule has 0 heterocycles. The van der Waals surface area contributed by atoms with Crippen LogP contribution in [-0.4, -0.2) is 65.3 Å². The molecule has 0 bridgehead atoms. The van der Waals surface area contributed by atoms with Crippen molar-refractivity contribution >= 4 is 23.8 Å². The fourth-order valence-corrected chi connectivity index (χ4v) is 5.77. The average Bonchev–Trinajstić information content (AvgIpc) is 2.98. The van der Waals surface area contributed by atoms with Gasteiger partial charge in [0, 0.05) is 25.0 Å². The van der Waals surface area contributed by atoms with E-state index in [4.69, 9.17) is 4.74 Å². The van der Waals surface area contributed by atoms with E-state index in [9.17, 15) is 24.3 Å². The van der Waals surface area contributed by atoms with Crippen molar-refractivity contribution < 1.29 is 29.0 Å². The summed E-state index contributed by atoms with van der Waals surface area (Å²) in [5.41, 5.74) is 0.332. The lowest BCUT2D eigenvalue weighted by molar-refractivity contribution is -0.131. The Bertz CT molecular complexity index is 1160. The summed E-state index contributed by atoms with van der Waals surface area (Å²) in [6, 6.07) is 6.76. The molecule has 5 N–H and O–H groups in total. The van der Waals surface area contributed by atoms with Gasteiger partial charge in [0.25, 0.3) is 0 Å². The van der Waals surface area contributed by atoms with Crippen LogP contribution in [0.4, 0.5) is 4.79 Å². The van der Waals surface area contributed by atoms with E-state index in [0.717, 1.165) is 31.2 Å². The third-order valence-corrected chi connectivity index (χ3v) is 8.18.